The lowest BCUT2D eigenvalue weighted by Crippen LogP contribution is -2.14. The molecule has 96 valence electrons. The Kier molecular flexibility index (Phi) is 3.40. The van der Waals surface area contributed by atoms with Gasteiger partial charge < -0.3 is 0 Å². The van der Waals surface area contributed by atoms with Crippen LogP contribution in [0.4, 0.5) is 5.69 Å². The van der Waals surface area contributed by atoms with Crippen LogP contribution in [0.5, 0.6) is 0 Å². The minimum Gasteiger partial charge on any atom is -0.281 e. The molecule has 2 aromatic heterocycles. The molecule has 0 spiro atoms. The molecule has 2 rings (SSSR count). The highest BCUT2D eigenvalue weighted by atomic mass is 79.9. The maximum atomic E-state index is 12.1. The Morgan fingerprint density at radius 1 is 1.33 bits per heavy atom. The Morgan fingerprint density at radius 3 is 2.61 bits per heavy atom. The van der Waals surface area contributed by atoms with Crippen molar-refractivity contribution in [2.75, 3.05) is 4.72 Å². The predicted octanol–water partition coefficient (Wildman–Crippen LogP) is 1.98. The van der Waals surface area contributed by atoms with E-state index in [1.165, 1.54) is 6.20 Å². The smallest absolute Gasteiger partial charge is 0.265 e. The van der Waals surface area contributed by atoms with Crippen LogP contribution < -0.4 is 4.72 Å². The van der Waals surface area contributed by atoms with Crippen molar-refractivity contribution in [2.24, 2.45) is 0 Å². The molecule has 0 aromatic carbocycles. The number of hydrogen-bond acceptors (Lipinski definition) is 4. The van der Waals surface area contributed by atoms with E-state index in [2.05, 4.69) is 35.8 Å². The minimum absolute atomic E-state index is 0.129. The molecule has 2 heterocycles. The highest BCUT2D eigenvalue weighted by Crippen LogP contribution is 2.21. The van der Waals surface area contributed by atoms with Gasteiger partial charge in [0.1, 0.15) is 9.50 Å². The van der Waals surface area contributed by atoms with E-state index in [-0.39, 0.29) is 4.90 Å². The van der Waals surface area contributed by atoms with Gasteiger partial charge in [-0.05, 0) is 41.9 Å². The van der Waals surface area contributed by atoms with E-state index in [9.17, 15) is 8.42 Å². The molecule has 0 unspecified atom stereocenters. The van der Waals surface area contributed by atoms with Gasteiger partial charge in [-0.1, -0.05) is 0 Å². The van der Waals surface area contributed by atoms with Crippen molar-refractivity contribution in [1.29, 1.82) is 0 Å². The van der Waals surface area contributed by atoms with Gasteiger partial charge in [0.15, 0.2) is 0 Å². The molecule has 0 aliphatic heterocycles. The Labute approximate surface area is 113 Å². The average molecular weight is 331 g/mol. The number of H-pyrrole nitrogens is 1. The van der Waals surface area contributed by atoms with E-state index in [4.69, 9.17) is 0 Å². The summed E-state index contributed by atoms with van der Waals surface area (Å²) >= 11 is 3.22. The first-order chi connectivity index (χ1) is 8.40. The normalized spacial score (nSPS) is 11.5. The van der Waals surface area contributed by atoms with Gasteiger partial charge in [0.05, 0.1) is 23.3 Å². The van der Waals surface area contributed by atoms with Crippen LogP contribution >= 0.6 is 15.9 Å². The zero-order chi connectivity index (χ0) is 13.3. The first-order valence-corrected chi connectivity index (χ1v) is 7.34. The number of aromatic nitrogens is 3. The average Bonchev–Trinajstić information content (AvgIpc) is 2.69. The maximum absolute atomic E-state index is 12.1. The first kappa shape index (κ1) is 13.0. The lowest BCUT2D eigenvalue weighted by molar-refractivity contribution is 0.600. The van der Waals surface area contributed by atoms with E-state index in [1.807, 2.05) is 0 Å². The molecule has 8 heteroatoms. The zero-order valence-electron chi connectivity index (χ0n) is 9.73. The van der Waals surface area contributed by atoms with Crippen molar-refractivity contribution in [1.82, 2.24) is 15.2 Å². The fourth-order valence-corrected chi connectivity index (χ4v) is 3.10. The highest BCUT2D eigenvalue weighted by Gasteiger charge is 2.19. The summed E-state index contributed by atoms with van der Waals surface area (Å²) < 4.78 is 27.4. The van der Waals surface area contributed by atoms with Crippen LogP contribution in [0.3, 0.4) is 0 Å². The van der Waals surface area contributed by atoms with Crippen molar-refractivity contribution < 1.29 is 8.42 Å². The molecular formula is C10H11BrN4O2S. The summed E-state index contributed by atoms with van der Waals surface area (Å²) in [6.07, 6.45) is 1.28. The largest absolute Gasteiger partial charge is 0.281 e. The van der Waals surface area contributed by atoms with Gasteiger partial charge >= 0.3 is 0 Å². The first-order valence-electron chi connectivity index (χ1n) is 5.06. The maximum Gasteiger partial charge on any atom is 0.265 e. The fraction of sp³-hybridized carbons (Fsp3) is 0.200. The Balaban J connectivity index is 2.37. The summed E-state index contributed by atoms with van der Waals surface area (Å²) in [5.41, 5.74) is 1.53. The number of nitrogens with zero attached hydrogens (tertiary/aromatic N) is 2. The van der Waals surface area contributed by atoms with Crippen LogP contribution in [0, 0.1) is 13.8 Å². The molecule has 0 saturated carbocycles. The van der Waals surface area contributed by atoms with Crippen molar-refractivity contribution in [3.63, 3.8) is 0 Å². The van der Waals surface area contributed by atoms with Gasteiger partial charge in [-0.3, -0.25) is 9.82 Å². The van der Waals surface area contributed by atoms with E-state index in [1.54, 1.807) is 26.0 Å². The van der Waals surface area contributed by atoms with Crippen LogP contribution in [-0.2, 0) is 10.0 Å². The molecule has 18 heavy (non-hydrogen) atoms. The van der Waals surface area contributed by atoms with E-state index in [0.717, 1.165) is 0 Å². The quantitative estimate of drug-likeness (QED) is 0.842. The van der Waals surface area contributed by atoms with Gasteiger partial charge in [-0.15, -0.1) is 0 Å². The molecule has 0 fully saturated rings. The van der Waals surface area contributed by atoms with E-state index < -0.39 is 10.0 Å². The van der Waals surface area contributed by atoms with Crippen molar-refractivity contribution in [3.05, 3.63) is 34.3 Å². The van der Waals surface area contributed by atoms with Crippen molar-refractivity contribution >= 4 is 31.6 Å². The van der Waals surface area contributed by atoms with Crippen LogP contribution in [0.2, 0.25) is 0 Å². The summed E-state index contributed by atoms with van der Waals surface area (Å²) in [5, 5.41) is 6.29. The van der Waals surface area contributed by atoms with Gasteiger partial charge in [0, 0.05) is 0 Å². The SMILES string of the molecule is Cc1nc(Br)ccc1NS(=O)(=O)c1cn[nH]c1C. The lowest BCUT2D eigenvalue weighted by atomic mass is 10.3. The lowest BCUT2D eigenvalue weighted by Gasteiger charge is -2.09. The molecule has 6 nitrogen and oxygen atoms in total. The van der Waals surface area contributed by atoms with Gasteiger partial charge in [-0.25, -0.2) is 13.4 Å². The van der Waals surface area contributed by atoms with Crippen LogP contribution in [-0.4, -0.2) is 23.6 Å². The summed E-state index contributed by atoms with van der Waals surface area (Å²) in [4.78, 5) is 4.26. The second-order valence-electron chi connectivity index (χ2n) is 3.73. The number of anilines is 1. The Morgan fingerprint density at radius 2 is 2.06 bits per heavy atom. The second kappa shape index (κ2) is 4.69. The molecule has 0 bridgehead atoms. The number of aryl methyl sites for hydroxylation is 2. The third-order valence-corrected chi connectivity index (χ3v) is 4.29. The Bertz CT molecular complexity index is 681. The van der Waals surface area contributed by atoms with E-state index in [0.29, 0.717) is 21.7 Å². The number of aromatic amines is 1. The van der Waals surface area contributed by atoms with Crippen LogP contribution in [0.1, 0.15) is 11.4 Å². The van der Waals surface area contributed by atoms with Gasteiger partial charge in [0.25, 0.3) is 10.0 Å². The highest BCUT2D eigenvalue weighted by molar-refractivity contribution is 9.10. The number of sulfonamides is 1. The third kappa shape index (κ3) is 2.54. The zero-order valence-corrected chi connectivity index (χ0v) is 12.1. The molecule has 0 saturated heterocycles. The standard InChI is InChI=1S/C10H11BrN4O2S/c1-6-8(3-4-10(11)13-6)15-18(16,17)9-5-12-14-7(9)2/h3-5,15H,1-2H3,(H,12,14). The third-order valence-electron chi connectivity index (χ3n) is 2.37. The summed E-state index contributed by atoms with van der Waals surface area (Å²) in [6.45, 7) is 3.37. The molecule has 2 aromatic rings. The molecular weight excluding hydrogens is 320 g/mol. The molecule has 2 N–H and O–H groups in total. The number of rotatable bonds is 3. The predicted molar refractivity (Wildman–Crippen MR) is 70.8 cm³/mol. The topological polar surface area (TPSA) is 87.7 Å². The Hall–Kier alpha value is -1.41. The minimum atomic E-state index is -3.64. The number of pyridine rings is 1. The molecule has 0 aliphatic rings. The number of halogens is 1. The summed E-state index contributed by atoms with van der Waals surface area (Å²) in [5.74, 6) is 0. The molecule has 0 aliphatic carbocycles. The van der Waals surface area contributed by atoms with Crippen LogP contribution in [0.25, 0.3) is 0 Å². The molecule has 0 amide bonds. The van der Waals surface area contributed by atoms with Crippen LogP contribution in [0.15, 0.2) is 27.8 Å². The van der Waals surface area contributed by atoms with E-state index >= 15 is 0 Å². The fourth-order valence-electron chi connectivity index (χ4n) is 1.45. The second-order valence-corrected chi connectivity index (χ2v) is 6.19. The number of hydrogen-bond donors (Lipinski definition) is 2. The van der Waals surface area contributed by atoms with Crippen molar-refractivity contribution in [2.45, 2.75) is 18.7 Å². The van der Waals surface area contributed by atoms with Crippen molar-refractivity contribution in [3.8, 4) is 0 Å². The summed E-state index contributed by atoms with van der Waals surface area (Å²) in [7, 11) is -3.64. The number of nitrogens with one attached hydrogen (secondary N) is 2. The van der Waals surface area contributed by atoms with Gasteiger partial charge in [0.2, 0.25) is 0 Å². The summed E-state index contributed by atoms with van der Waals surface area (Å²) in [6, 6.07) is 3.33. The molecule has 0 atom stereocenters. The molecule has 0 radical (unpaired) electrons. The van der Waals surface area contributed by atoms with Gasteiger partial charge in [-0.2, -0.15) is 5.10 Å². The monoisotopic (exact) mass is 330 g/mol.